The van der Waals surface area contributed by atoms with Crippen LogP contribution in [0.4, 0.5) is 0 Å². The van der Waals surface area contributed by atoms with Gasteiger partial charge in [-0.1, -0.05) is 37.3 Å². The molecule has 3 rings (SSSR count). The number of hydrogen-bond donors (Lipinski definition) is 1. The Hall–Kier alpha value is -2.82. The predicted molar refractivity (Wildman–Crippen MR) is 117 cm³/mol. The van der Waals surface area contributed by atoms with E-state index in [-0.39, 0.29) is 29.8 Å². The fourth-order valence-corrected chi connectivity index (χ4v) is 4.02. The molecule has 2 aromatic carbocycles. The van der Waals surface area contributed by atoms with Crippen molar-refractivity contribution in [3.8, 4) is 11.5 Å². The molecule has 0 radical (unpaired) electrons. The van der Waals surface area contributed by atoms with Crippen molar-refractivity contribution in [3.63, 3.8) is 0 Å². The van der Waals surface area contributed by atoms with E-state index in [1.165, 1.54) is 0 Å². The lowest BCUT2D eigenvalue weighted by molar-refractivity contribution is -0.132. The summed E-state index contributed by atoms with van der Waals surface area (Å²) in [5, 5.41) is 9.96. The molecular weight excluding hydrogens is 378 g/mol. The molecule has 2 aromatic rings. The van der Waals surface area contributed by atoms with Crippen LogP contribution >= 0.6 is 0 Å². The Labute approximate surface area is 178 Å². The first kappa shape index (κ1) is 21.9. The zero-order valence-electron chi connectivity index (χ0n) is 18.1. The molecule has 0 saturated carbocycles. The molecule has 0 aromatic heterocycles. The maximum atomic E-state index is 12.8. The third-order valence-electron chi connectivity index (χ3n) is 5.80. The van der Waals surface area contributed by atoms with Crippen LogP contribution in [-0.4, -0.2) is 40.4 Å². The molecule has 0 spiro atoms. The van der Waals surface area contributed by atoms with E-state index in [1.54, 1.807) is 32.0 Å². The van der Waals surface area contributed by atoms with Crippen LogP contribution in [0.1, 0.15) is 57.1 Å². The van der Waals surface area contributed by atoms with Gasteiger partial charge in [-0.05, 0) is 50.5 Å². The van der Waals surface area contributed by atoms with Crippen LogP contribution in [0.15, 0.2) is 48.5 Å². The second-order valence-electron chi connectivity index (χ2n) is 8.45. The molecule has 1 aliphatic heterocycles. The van der Waals surface area contributed by atoms with E-state index >= 15 is 0 Å². The Morgan fingerprint density at radius 3 is 2.67 bits per heavy atom. The number of Topliss-reactive ketones (excluding diaryl/α,β-unsaturated/α-hetero) is 1. The van der Waals surface area contributed by atoms with Crippen LogP contribution in [0.3, 0.4) is 0 Å². The van der Waals surface area contributed by atoms with Gasteiger partial charge in [0.2, 0.25) is 5.91 Å². The molecule has 0 aliphatic carbocycles. The molecule has 5 nitrogen and oxygen atoms in total. The summed E-state index contributed by atoms with van der Waals surface area (Å²) in [6.45, 7) is 6.81. The number of phenolic OH excluding ortho intramolecular Hbond substituents is 1. The normalized spacial score (nSPS) is 16.9. The molecule has 1 fully saturated rings. The lowest BCUT2D eigenvalue weighted by Crippen LogP contribution is -2.40. The Bertz CT molecular complexity index is 906. The van der Waals surface area contributed by atoms with Crippen molar-refractivity contribution in [1.82, 2.24) is 4.90 Å². The first-order chi connectivity index (χ1) is 14.3. The van der Waals surface area contributed by atoms with Crippen molar-refractivity contribution < 1.29 is 19.4 Å². The van der Waals surface area contributed by atoms with Crippen molar-refractivity contribution >= 4 is 11.7 Å². The molecule has 1 aliphatic rings. The summed E-state index contributed by atoms with van der Waals surface area (Å²) in [5.41, 5.74) is 0.912. The first-order valence-corrected chi connectivity index (χ1v) is 10.7. The maximum Gasteiger partial charge on any atom is 0.227 e. The summed E-state index contributed by atoms with van der Waals surface area (Å²) in [7, 11) is 0. The predicted octanol–water partition coefficient (Wildman–Crippen LogP) is 4.48. The van der Waals surface area contributed by atoms with Gasteiger partial charge in [-0.3, -0.25) is 9.59 Å². The Balaban J connectivity index is 1.69. The zero-order chi connectivity index (χ0) is 21.7. The van der Waals surface area contributed by atoms with E-state index in [1.807, 2.05) is 36.1 Å². The van der Waals surface area contributed by atoms with Gasteiger partial charge in [-0.25, -0.2) is 0 Å². The largest absolute Gasteiger partial charge is 0.508 e. The molecule has 5 heteroatoms. The fraction of sp³-hybridized carbons (Fsp3) is 0.440. The zero-order valence-corrected chi connectivity index (χ0v) is 18.1. The lowest BCUT2D eigenvalue weighted by Gasteiger charge is -2.33. The number of carbonyl (C=O) groups is 2. The van der Waals surface area contributed by atoms with Crippen LogP contribution in [0.25, 0.3) is 0 Å². The second kappa shape index (κ2) is 9.33. The monoisotopic (exact) mass is 409 g/mol. The van der Waals surface area contributed by atoms with Gasteiger partial charge in [-0.2, -0.15) is 0 Å². The van der Waals surface area contributed by atoms with Gasteiger partial charge >= 0.3 is 0 Å². The van der Waals surface area contributed by atoms with E-state index in [9.17, 15) is 14.7 Å². The topological polar surface area (TPSA) is 66.8 Å². The second-order valence-corrected chi connectivity index (χ2v) is 8.45. The maximum absolute atomic E-state index is 12.8. The molecule has 1 heterocycles. The third-order valence-corrected chi connectivity index (χ3v) is 5.80. The van der Waals surface area contributed by atoms with Gasteiger partial charge in [0.1, 0.15) is 11.5 Å². The highest BCUT2D eigenvalue weighted by Gasteiger charge is 2.29. The minimum absolute atomic E-state index is 0.0308. The van der Waals surface area contributed by atoms with Gasteiger partial charge < -0.3 is 14.7 Å². The molecule has 1 N–H and O–H groups in total. The van der Waals surface area contributed by atoms with Crippen molar-refractivity contribution in [2.45, 2.75) is 58.0 Å². The van der Waals surface area contributed by atoms with Gasteiger partial charge in [0, 0.05) is 31.0 Å². The Kier molecular flexibility index (Phi) is 6.80. The smallest absolute Gasteiger partial charge is 0.227 e. The Morgan fingerprint density at radius 1 is 1.17 bits per heavy atom. The summed E-state index contributed by atoms with van der Waals surface area (Å²) in [6, 6.07) is 14.8. The van der Waals surface area contributed by atoms with Crippen molar-refractivity contribution in [2.24, 2.45) is 0 Å². The molecule has 1 atom stereocenters. The number of hydrogen-bond acceptors (Lipinski definition) is 4. The van der Waals surface area contributed by atoms with Crippen LogP contribution in [0.2, 0.25) is 0 Å². The molecule has 1 amide bonds. The molecule has 0 bridgehead atoms. The first-order valence-electron chi connectivity index (χ1n) is 10.7. The number of ketones is 1. The number of likely N-dealkylation sites (tertiary alicyclic amines) is 1. The van der Waals surface area contributed by atoms with Crippen molar-refractivity contribution in [3.05, 3.63) is 59.7 Å². The minimum atomic E-state index is -0.861. The summed E-state index contributed by atoms with van der Waals surface area (Å²) in [6.07, 6.45) is 2.57. The minimum Gasteiger partial charge on any atom is -0.508 e. The van der Waals surface area contributed by atoms with E-state index in [0.717, 1.165) is 24.9 Å². The van der Waals surface area contributed by atoms with Crippen LogP contribution in [0.5, 0.6) is 11.5 Å². The number of rotatable bonds is 7. The highest BCUT2D eigenvalue weighted by atomic mass is 16.5. The standard InChI is InChI=1S/C25H31NO4/c1-4-23(28)25(2,3)30-21-12-7-10-18(15-21)20-11-8-14-26(17-20)24(29)16-19-9-5-6-13-22(19)27/h5-7,9-10,12-13,15,20,27H,4,8,11,14,16-17H2,1-3H3. The molecule has 1 saturated heterocycles. The lowest BCUT2D eigenvalue weighted by atomic mass is 9.90. The molecule has 1 unspecified atom stereocenters. The summed E-state index contributed by atoms with van der Waals surface area (Å²) in [5.74, 6) is 1.15. The number of phenols is 1. The summed E-state index contributed by atoms with van der Waals surface area (Å²) < 4.78 is 5.99. The third kappa shape index (κ3) is 5.21. The Morgan fingerprint density at radius 2 is 1.93 bits per heavy atom. The van der Waals surface area contributed by atoms with Crippen molar-refractivity contribution in [2.75, 3.05) is 13.1 Å². The van der Waals surface area contributed by atoms with E-state index in [2.05, 4.69) is 6.07 Å². The van der Waals surface area contributed by atoms with E-state index in [4.69, 9.17) is 4.74 Å². The quantitative estimate of drug-likeness (QED) is 0.732. The highest BCUT2D eigenvalue weighted by Crippen LogP contribution is 2.31. The number of benzene rings is 2. The number of nitrogens with zero attached hydrogens (tertiary/aromatic N) is 1. The number of carbonyl (C=O) groups excluding carboxylic acids is 2. The van der Waals surface area contributed by atoms with E-state index < -0.39 is 5.60 Å². The van der Waals surface area contributed by atoms with Gasteiger partial charge in [-0.15, -0.1) is 0 Å². The SMILES string of the molecule is CCC(=O)C(C)(C)Oc1cccc(C2CCCN(C(=O)Cc3ccccc3O)C2)c1. The van der Waals surface area contributed by atoms with Gasteiger partial charge in [0.25, 0.3) is 0 Å². The highest BCUT2D eigenvalue weighted by molar-refractivity contribution is 5.86. The van der Waals surface area contributed by atoms with Crippen LogP contribution in [0, 0.1) is 0 Å². The van der Waals surface area contributed by atoms with Crippen LogP contribution < -0.4 is 4.74 Å². The number of ether oxygens (including phenoxy) is 1. The summed E-state index contributed by atoms with van der Waals surface area (Å²) in [4.78, 5) is 26.8. The summed E-state index contributed by atoms with van der Waals surface area (Å²) >= 11 is 0. The fourth-order valence-electron chi connectivity index (χ4n) is 4.02. The number of para-hydroxylation sites is 1. The molecular formula is C25H31NO4. The van der Waals surface area contributed by atoms with Crippen LogP contribution in [-0.2, 0) is 16.0 Å². The number of piperidine rings is 1. The van der Waals surface area contributed by atoms with Gasteiger partial charge in [0.15, 0.2) is 11.4 Å². The van der Waals surface area contributed by atoms with E-state index in [0.29, 0.717) is 24.3 Å². The van der Waals surface area contributed by atoms with Crippen molar-refractivity contribution in [1.29, 1.82) is 0 Å². The number of amides is 1. The van der Waals surface area contributed by atoms with Gasteiger partial charge in [0.05, 0.1) is 6.42 Å². The molecule has 30 heavy (non-hydrogen) atoms. The average Bonchev–Trinajstić information content (AvgIpc) is 2.74. The molecule has 160 valence electrons. The number of aromatic hydroxyl groups is 1. The average molecular weight is 410 g/mol.